The molecule has 38 heavy (non-hydrogen) atoms. The maximum absolute atomic E-state index is 6.07. The van der Waals surface area contributed by atoms with Gasteiger partial charge in [0, 0.05) is 43.0 Å². The van der Waals surface area contributed by atoms with Crippen LogP contribution in [0.15, 0.2) is 71.7 Å². The van der Waals surface area contributed by atoms with Gasteiger partial charge in [0.25, 0.3) is 0 Å². The lowest BCUT2D eigenvalue weighted by Gasteiger charge is -2.40. The third-order valence-corrected chi connectivity index (χ3v) is 7.34. The number of likely N-dealkylation sites (N-methyl/N-ethyl adjacent to an activating group) is 1. The van der Waals surface area contributed by atoms with Crippen molar-refractivity contribution in [1.82, 2.24) is 14.9 Å². The summed E-state index contributed by atoms with van der Waals surface area (Å²) in [6, 6.07) is 23.5. The van der Waals surface area contributed by atoms with E-state index in [-0.39, 0.29) is 12.3 Å². The summed E-state index contributed by atoms with van der Waals surface area (Å²) < 4.78 is 6.07. The molecule has 0 bridgehead atoms. The normalized spacial score (nSPS) is 20.0. The third kappa shape index (κ3) is 4.73. The third-order valence-electron chi connectivity index (χ3n) is 7.34. The van der Waals surface area contributed by atoms with Crippen LogP contribution in [0.25, 0.3) is 22.4 Å². The van der Waals surface area contributed by atoms with E-state index in [4.69, 9.17) is 9.72 Å². The predicted molar refractivity (Wildman–Crippen MR) is 157 cm³/mol. The summed E-state index contributed by atoms with van der Waals surface area (Å²) in [7, 11) is 6.02. The van der Waals surface area contributed by atoms with Gasteiger partial charge in [-0.3, -0.25) is 4.99 Å². The molecule has 8 heteroatoms. The molecular weight excluding hydrogens is 474 g/mol. The number of nitrogens with one attached hydrogen (secondary N) is 3. The highest BCUT2D eigenvalue weighted by molar-refractivity contribution is 6.09. The second-order valence-corrected chi connectivity index (χ2v) is 10.5. The quantitative estimate of drug-likeness (QED) is 0.328. The van der Waals surface area contributed by atoms with E-state index in [1.165, 1.54) is 5.69 Å². The highest BCUT2D eigenvalue weighted by Gasteiger charge is 2.27. The number of hydrogen-bond acceptors (Lipinski definition) is 7. The van der Waals surface area contributed by atoms with E-state index in [0.717, 1.165) is 64.8 Å². The van der Waals surface area contributed by atoms with Gasteiger partial charge in [-0.15, -0.1) is 0 Å². The van der Waals surface area contributed by atoms with Crippen molar-refractivity contribution < 1.29 is 4.74 Å². The van der Waals surface area contributed by atoms with Crippen LogP contribution in [0.4, 0.5) is 17.1 Å². The molecule has 3 aromatic carbocycles. The summed E-state index contributed by atoms with van der Waals surface area (Å²) in [6.45, 7) is 4.74. The molecule has 0 amide bonds. The van der Waals surface area contributed by atoms with Crippen molar-refractivity contribution in [2.24, 2.45) is 4.99 Å². The highest BCUT2D eigenvalue weighted by atomic mass is 16.5. The molecule has 0 saturated carbocycles. The summed E-state index contributed by atoms with van der Waals surface area (Å²) >= 11 is 0. The molecule has 1 saturated heterocycles. The van der Waals surface area contributed by atoms with Crippen LogP contribution in [0.5, 0.6) is 0 Å². The van der Waals surface area contributed by atoms with Crippen molar-refractivity contribution in [3.63, 3.8) is 0 Å². The molecule has 3 N–H and O–H groups in total. The molecule has 6 rings (SSSR count). The van der Waals surface area contributed by atoms with E-state index in [1.807, 2.05) is 19.2 Å². The van der Waals surface area contributed by atoms with E-state index < -0.39 is 0 Å². The standard InChI is InChI=1S/C30H35N7O/c1-19-18-38-23(16-36(3)4)17-37(19)22-12-13-26-27(15-22)35-29(32-26)21-9-7-8-20(14-21)28(31-2)30-33-24-10-5-6-11-25(24)34-30/h5-15,19,23,30,33-34H,16-18H2,1-4H3,(H,32,35)/b31-28+. The van der Waals surface area contributed by atoms with Crippen LogP contribution in [0.3, 0.4) is 0 Å². The van der Waals surface area contributed by atoms with Crippen LogP contribution < -0.4 is 15.5 Å². The van der Waals surface area contributed by atoms with E-state index in [2.05, 4.69) is 106 Å². The molecule has 2 unspecified atom stereocenters. The maximum Gasteiger partial charge on any atom is 0.141 e. The Labute approximate surface area is 223 Å². The second kappa shape index (κ2) is 10.1. The molecule has 0 spiro atoms. The van der Waals surface area contributed by atoms with Crippen LogP contribution in [-0.4, -0.2) is 79.7 Å². The van der Waals surface area contributed by atoms with Gasteiger partial charge in [0.2, 0.25) is 0 Å². The van der Waals surface area contributed by atoms with Crippen molar-refractivity contribution >= 4 is 33.8 Å². The summed E-state index contributed by atoms with van der Waals surface area (Å²) in [5.41, 5.74) is 8.40. The number of H-pyrrole nitrogens is 1. The maximum atomic E-state index is 6.07. The van der Waals surface area contributed by atoms with Crippen LogP contribution >= 0.6 is 0 Å². The van der Waals surface area contributed by atoms with Crippen LogP contribution in [0, 0.1) is 0 Å². The van der Waals surface area contributed by atoms with Gasteiger partial charge in [-0.1, -0.05) is 30.3 Å². The summed E-state index contributed by atoms with van der Waals surface area (Å²) in [5.74, 6) is 0.852. The fourth-order valence-electron chi connectivity index (χ4n) is 5.48. The van der Waals surface area contributed by atoms with E-state index in [9.17, 15) is 0 Å². The van der Waals surface area contributed by atoms with Crippen LogP contribution in [0.1, 0.15) is 12.5 Å². The molecule has 8 nitrogen and oxygen atoms in total. The Bertz CT molecular complexity index is 1450. The molecule has 0 aliphatic carbocycles. The van der Waals surface area contributed by atoms with Crippen molar-refractivity contribution in [3.05, 3.63) is 72.3 Å². The fraction of sp³-hybridized carbons (Fsp3) is 0.333. The number of anilines is 3. The van der Waals surface area contributed by atoms with Crippen LogP contribution in [-0.2, 0) is 4.74 Å². The van der Waals surface area contributed by atoms with Crippen molar-refractivity contribution in [2.75, 3.05) is 56.4 Å². The van der Waals surface area contributed by atoms with E-state index in [1.54, 1.807) is 0 Å². The first-order chi connectivity index (χ1) is 18.5. The first kappa shape index (κ1) is 24.5. The van der Waals surface area contributed by atoms with E-state index in [0.29, 0.717) is 6.04 Å². The fourth-order valence-corrected chi connectivity index (χ4v) is 5.48. The number of para-hydroxylation sites is 2. The molecule has 1 fully saturated rings. The lowest BCUT2D eigenvalue weighted by molar-refractivity contribution is 0.00880. The number of ether oxygens (including phenoxy) is 1. The van der Waals surface area contributed by atoms with Gasteiger partial charge in [-0.05, 0) is 57.4 Å². The largest absolute Gasteiger partial charge is 0.373 e. The number of nitrogens with zero attached hydrogens (tertiary/aromatic N) is 4. The minimum atomic E-state index is -0.0854. The average molecular weight is 510 g/mol. The van der Waals surface area contributed by atoms with Crippen molar-refractivity contribution in [2.45, 2.75) is 25.2 Å². The lowest BCUT2D eigenvalue weighted by Crippen LogP contribution is -2.51. The minimum Gasteiger partial charge on any atom is -0.373 e. The number of fused-ring (bicyclic) bond motifs is 2. The Morgan fingerprint density at radius 3 is 2.58 bits per heavy atom. The summed E-state index contributed by atoms with van der Waals surface area (Å²) in [6.07, 6.45) is 0.112. The molecule has 3 heterocycles. The topological polar surface area (TPSA) is 80.8 Å². The summed E-state index contributed by atoms with van der Waals surface area (Å²) in [5, 5.41) is 7.07. The average Bonchev–Trinajstić information content (AvgIpc) is 3.54. The Morgan fingerprint density at radius 2 is 1.84 bits per heavy atom. The minimum absolute atomic E-state index is 0.0854. The molecule has 4 aromatic rings. The van der Waals surface area contributed by atoms with E-state index >= 15 is 0 Å². The number of aromatic amines is 1. The van der Waals surface area contributed by atoms with Gasteiger partial charge >= 0.3 is 0 Å². The Balaban J connectivity index is 1.25. The number of morpholine rings is 1. The zero-order valence-corrected chi connectivity index (χ0v) is 22.4. The zero-order valence-electron chi connectivity index (χ0n) is 22.4. The van der Waals surface area contributed by atoms with Crippen LogP contribution in [0.2, 0.25) is 0 Å². The van der Waals surface area contributed by atoms with Gasteiger partial charge in [-0.2, -0.15) is 0 Å². The van der Waals surface area contributed by atoms with Crippen molar-refractivity contribution in [1.29, 1.82) is 0 Å². The first-order valence-corrected chi connectivity index (χ1v) is 13.2. The van der Waals surface area contributed by atoms with Gasteiger partial charge in [-0.25, -0.2) is 4.98 Å². The monoisotopic (exact) mass is 509 g/mol. The predicted octanol–water partition coefficient (Wildman–Crippen LogP) is 4.67. The Kier molecular flexibility index (Phi) is 6.51. The number of aromatic nitrogens is 2. The second-order valence-electron chi connectivity index (χ2n) is 10.5. The Hall–Kier alpha value is -3.88. The zero-order chi connectivity index (χ0) is 26.2. The lowest BCUT2D eigenvalue weighted by atomic mass is 10.0. The number of benzene rings is 3. The SMILES string of the molecule is C/N=C(\c1cccc(-c2nc3ccc(N4CC(CN(C)C)OCC4C)cc3[nH]2)c1)C1Nc2ccccc2N1. The van der Waals surface area contributed by atoms with Gasteiger partial charge in [0.05, 0.1) is 40.8 Å². The smallest absolute Gasteiger partial charge is 0.141 e. The molecule has 2 atom stereocenters. The Morgan fingerprint density at radius 1 is 1.05 bits per heavy atom. The molecular formula is C30H35N7O. The molecule has 196 valence electrons. The molecule has 0 radical (unpaired) electrons. The van der Waals surface area contributed by atoms with Crippen molar-refractivity contribution in [3.8, 4) is 11.4 Å². The molecule has 2 aliphatic heterocycles. The van der Waals surface area contributed by atoms with Gasteiger partial charge < -0.3 is 30.2 Å². The molecule has 2 aliphatic rings. The number of imidazole rings is 1. The number of rotatable bonds is 6. The van der Waals surface area contributed by atoms with Gasteiger partial charge in [0.1, 0.15) is 12.0 Å². The van der Waals surface area contributed by atoms with Gasteiger partial charge in [0.15, 0.2) is 0 Å². The first-order valence-electron chi connectivity index (χ1n) is 13.2. The molecule has 1 aromatic heterocycles. The number of hydrogen-bond donors (Lipinski definition) is 3. The summed E-state index contributed by atoms with van der Waals surface area (Å²) in [4.78, 5) is 17.8. The number of aliphatic imine (C=N–C) groups is 1. The highest BCUT2D eigenvalue weighted by Crippen LogP contribution is 2.31.